The number of rotatable bonds is 0. The number of amides is 2. The lowest BCUT2D eigenvalue weighted by Crippen LogP contribution is -2.72. The molecule has 3 fully saturated rings. The largest absolute Gasteiger partial charge is 0.493 e. The van der Waals surface area contributed by atoms with Crippen molar-refractivity contribution in [1.82, 2.24) is 10.2 Å². The summed E-state index contributed by atoms with van der Waals surface area (Å²) in [5.41, 5.74) is 0.688. The SMILES string of the molecule is O=C1COC[C@@]2(CCCN3C(=O)CCOc4ccccc4[C@H]4CC[C@H](CC4)OC[C@H]32)N1. The molecule has 0 radical (unpaired) electrons. The van der Waals surface area contributed by atoms with Crippen molar-refractivity contribution in [2.75, 3.05) is 33.0 Å². The zero-order valence-electron chi connectivity index (χ0n) is 18.0. The number of hydrogen-bond donors (Lipinski definition) is 1. The Morgan fingerprint density at radius 3 is 2.77 bits per heavy atom. The first kappa shape index (κ1) is 20.8. The molecule has 1 aromatic rings. The number of nitrogens with zero attached hydrogens (tertiary/aromatic N) is 1. The zero-order valence-corrected chi connectivity index (χ0v) is 18.0. The first-order valence-electron chi connectivity index (χ1n) is 11.7. The van der Waals surface area contributed by atoms with Crippen LogP contribution < -0.4 is 10.1 Å². The summed E-state index contributed by atoms with van der Waals surface area (Å²) in [6.45, 7) is 1.97. The lowest BCUT2D eigenvalue weighted by molar-refractivity contribution is -0.155. The number of carbonyl (C=O) groups is 2. The molecule has 2 bridgehead atoms. The molecule has 2 amide bonds. The number of piperidine rings is 1. The van der Waals surface area contributed by atoms with Crippen LogP contribution in [-0.4, -0.2) is 67.4 Å². The molecule has 1 saturated carbocycles. The van der Waals surface area contributed by atoms with Gasteiger partial charge < -0.3 is 24.4 Å². The maximum atomic E-state index is 13.2. The van der Waals surface area contributed by atoms with Crippen molar-refractivity contribution in [2.45, 2.75) is 68.5 Å². The van der Waals surface area contributed by atoms with E-state index in [1.54, 1.807) is 0 Å². The van der Waals surface area contributed by atoms with Gasteiger partial charge >= 0.3 is 0 Å². The van der Waals surface area contributed by atoms with Crippen LogP contribution in [0.15, 0.2) is 24.3 Å². The summed E-state index contributed by atoms with van der Waals surface area (Å²) < 4.78 is 18.2. The molecular weight excluding hydrogens is 396 g/mol. The Bertz CT molecular complexity index is 818. The third-order valence-corrected chi connectivity index (χ3v) is 7.43. The highest BCUT2D eigenvalue weighted by Crippen LogP contribution is 2.39. The topological polar surface area (TPSA) is 77.1 Å². The molecule has 2 saturated heterocycles. The van der Waals surface area contributed by atoms with Gasteiger partial charge in [0.15, 0.2) is 0 Å². The molecule has 7 heteroatoms. The van der Waals surface area contributed by atoms with Crippen LogP contribution in [0.25, 0.3) is 0 Å². The van der Waals surface area contributed by atoms with E-state index in [4.69, 9.17) is 14.2 Å². The fraction of sp³-hybridized carbons (Fsp3) is 0.667. The van der Waals surface area contributed by atoms with Gasteiger partial charge in [-0.1, -0.05) is 18.2 Å². The molecule has 1 N–H and O–H groups in total. The van der Waals surface area contributed by atoms with Crippen molar-refractivity contribution in [2.24, 2.45) is 0 Å². The van der Waals surface area contributed by atoms with Gasteiger partial charge in [0, 0.05) is 6.54 Å². The molecule has 0 unspecified atom stereocenters. The van der Waals surface area contributed by atoms with Gasteiger partial charge in [0.05, 0.1) is 43.9 Å². The van der Waals surface area contributed by atoms with Gasteiger partial charge in [0.2, 0.25) is 11.8 Å². The molecule has 168 valence electrons. The lowest BCUT2D eigenvalue weighted by atomic mass is 9.80. The van der Waals surface area contributed by atoms with E-state index in [9.17, 15) is 9.59 Å². The number of nitrogens with one attached hydrogen (secondary N) is 1. The average Bonchev–Trinajstić information content (AvgIpc) is 2.78. The third kappa shape index (κ3) is 4.17. The summed E-state index contributed by atoms with van der Waals surface area (Å²) in [6, 6.07) is 8.02. The van der Waals surface area contributed by atoms with Crippen molar-refractivity contribution in [3.63, 3.8) is 0 Å². The predicted octanol–water partition coefficient (Wildman–Crippen LogP) is 2.39. The van der Waals surface area contributed by atoms with Crippen LogP contribution in [0, 0.1) is 0 Å². The van der Waals surface area contributed by atoms with Crippen molar-refractivity contribution < 1.29 is 23.8 Å². The van der Waals surface area contributed by atoms with Crippen molar-refractivity contribution in [1.29, 1.82) is 0 Å². The smallest absolute Gasteiger partial charge is 0.246 e. The van der Waals surface area contributed by atoms with E-state index in [0.29, 0.717) is 38.7 Å². The standard InChI is InChI=1S/C24H32N2O5/c27-22-15-29-16-24(25-22)11-3-12-26-21(24)14-31-18-8-6-17(7-9-18)19-4-1-2-5-20(19)30-13-10-23(26)28/h1-2,4-5,17-18,21H,3,6-16H2,(H,25,27)/t17-,18+,21-,24+/m0/s1. The number of hydrogen-bond acceptors (Lipinski definition) is 5. The van der Waals surface area contributed by atoms with Crippen LogP contribution >= 0.6 is 0 Å². The Balaban J connectivity index is 1.41. The number of benzene rings is 1. The van der Waals surface area contributed by atoms with Gasteiger partial charge in [-0.15, -0.1) is 0 Å². The van der Waals surface area contributed by atoms with Crippen LogP contribution in [0.3, 0.4) is 0 Å². The Labute approximate surface area is 183 Å². The maximum absolute atomic E-state index is 13.2. The molecule has 5 aliphatic rings. The summed E-state index contributed by atoms with van der Waals surface area (Å²) in [5.74, 6) is 1.31. The molecule has 0 aromatic heterocycles. The molecule has 4 heterocycles. The van der Waals surface area contributed by atoms with Crippen LogP contribution in [0.2, 0.25) is 0 Å². The number of carbonyl (C=O) groups excluding carboxylic acids is 2. The summed E-state index contributed by atoms with van der Waals surface area (Å²) in [7, 11) is 0. The summed E-state index contributed by atoms with van der Waals surface area (Å²) in [5, 5.41) is 3.17. The molecule has 31 heavy (non-hydrogen) atoms. The van der Waals surface area contributed by atoms with Gasteiger partial charge in [-0.3, -0.25) is 9.59 Å². The lowest BCUT2D eigenvalue weighted by Gasteiger charge is -2.51. The van der Waals surface area contributed by atoms with Gasteiger partial charge in [-0.25, -0.2) is 0 Å². The molecular formula is C24H32N2O5. The van der Waals surface area contributed by atoms with Crippen molar-refractivity contribution in [3.05, 3.63) is 29.8 Å². The Kier molecular flexibility index (Phi) is 5.89. The monoisotopic (exact) mass is 428 g/mol. The highest BCUT2D eigenvalue weighted by molar-refractivity contribution is 5.80. The second kappa shape index (κ2) is 8.79. The molecule has 7 nitrogen and oxygen atoms in total. The first-order chi connectivity index (χ1) is 15.1. The number of ether oxygens (including phenoxy) is 3. The number of para-hydroxylation sites is 1. The van der Waals surface area contributed by atoms with E-state index in [2.05, 4.69) is 17.4 Å². The Morgan fingerprint density at radius 2 is 1.94 bits per heavy atom. The first-order valence-corrected chi connectivity index (χ1v) is 11.7. The van der Waals surface area contributed by atoms with Crippen LogP contribution in [-0.2, 0) is 19.1 Å². The van der Waals surface area contributed by atoms with E-state index in [1.807, 2.05) is 17.0 Å². The molecule has 6 rings (SSSR count). The maximum Gasteiger partial charge on any atom is 0.246 e. The summed E-state index contributed by atoms with van der Waals surface area (Å²) >= 11 is 0. The van der Waals surface area contributed by atoms with Gasteiger partial charge in [-0.05, 0) is 56.1 Å². The fourth-order valence-corrected chi connectivity index (χ4v) is 5.83. The van der Waals surface area contributed by atoms with E-state index < -0.39 is 5.54 Å². The van der Waals surface area contributed by atoms with Gasteiger partial charge in [0.1, 0.15) is 12.4 Å². The Morgan fingerprint density at radius 1 is 1.10 bits per heavy atom. The molecule has 1 spiro atoms. The minimum absolute atomic E-state index is 0.0483. The molecule has 1 aliphatic carbocycles. The third-order valence-electron chi connectivity index (χ3n) is 7.43. The predicted molar refractivity (Wildman–Crippen MR) is 114 cm³/mol. The van der Waals surface area contributed by atoms with Crippen LogP contribution in [0.4, 0.5) is 0 Å². The molecule has 1 aromatic carbocycles. The van der Waals surface area contributed by atoms with E-state index in [-0.39, 0.29) is 30.6 Å². The normalized spacial score (nSPS) is 34.3. The minimum Gasteiger partial charge on any atom is -0.493 e. The summed E-state index contributed by atoms with van der Waals surface area (Å²) in [6.07, 6.45) is 6.26. The van der Waals surface area contributed by atoms with Gasteiger partial charge in [-0.2, -0.15) is 0 Å². The van der Waals surface area contributed by atoms with Crippen molar-refractivity contribution >= 4 is 11.8 Å². The van der Waals surface area contributed by atoms with Crippen molar-refractivity contribution in [3.8, 4) is 5.75 Å². The minimum atomic E-state index is -0.565. The second-order valence-electron chi connectivity index (χ2n) is 9.35. The number of fused-ring (bicyclic) bond motifs is 6. The summed E-state index contributed by atoms with van der Waals surface area (Å²) in [4.78, 5) is 27.3. The molecule has 4 aliphatic heterocycles. The molecule has 2 atom stereocenters. The van der Waals surface area contributed by atoms with E-state index >= 15 is 0 Å². The quantitative estimate of drug-likeness (QED) is 0.687. The zero-order chi connectivity index (χ0) is 21.3. The van der Waals surface area contributed by atoms with Crippen LogP contribution in [0.1, 0.15) is 56.4 Å². The highest BCUT2D eigenvalue weighted by atomic mass is 16.5. The van der Waals surface area contributed by atoms with Crippen LogP contribution in [0.5, 0.6) is 5.75 Å². The van der Waals surface area contributed by atoms with Gasteiger partial charge in [0.25, 0.3) is 0 Å². The average molecular weight is 429 g/mol. The fourth-order valence-electron chi connectivity index (χ4n) is 5.83. The number of morpholine rings is 1. The Hall–Kier alpha value is -2.12. The van der Waals surface area contributed by atoms with E-state index in [1.165, 1.54) is 5.56 Å². The second-order valence-corrected chi connectivity index (χ2v) is 9.35. The van der Waals surface area contributed by atoms with E-state index in [0.717, 1.165) is 44.3 Å². The highest BCUT2D eigenvalue weighted by Gasteiger charge is 2.49.